The summed E-state index contributed by atoms with van der Waals surface area (Å²) in [5.41, 5.74) is -0.670. The summed E-state index contributed by atoms with van der Waals surface area (Å²) in [6, 6.07) is 5.44. The van der Waals surface area contributed by atoms with Crippen LogP contribution in [0, 0.1) is 5.92 Å². The van der Waals surface area contributed by atoms with Gasteiger partial charge in [0.2, 0.25) is 0 Å². The molecule has 5 heteroatoms. The highest BCUT2D eigenvalue weighted by Crippen LogP contribution is 2.33. The quantitative estimate of drug-likeness (QED) is 0.880. The Morgan fingerprint density at radius 3 is 2.76 bits per heavy atom. The maximum absolute atomic E-state index is 12.4. The van der Waals surface area contributed by atoms with E-state index in [0.717, 1.165) is 18.6 Å². The predicted molar refractivity (Wildman–Crippen MR) is 57.9 cm³/mol. The lowest BCUT2D eigenvalue weighted by molar-refractivity contribution is -0.137. The van der Waals surface area contributed by atoms with Crippen molar-refractivity contribution in [1.82, 2.24) is 5.32 Å². The van der Waals surface area contributed by atoms with Crippen LogP contribution >= 0.6 is 0 Å². The first-order valence-corrected chi connectivity index (χ1v) is 5.48. The van der Waals surface area contributed by atoms with Gasteiger partial charge in [-0.25, -0.2) is 0 Å². The van der Waals surface area contributed by atoms with E-state index in [4.69, 9.17) is 4.74 Å². The first kappa shape index (κ1) is 12.2. The Bertz CT molecular complexity index is 392. The number of nitrogens with one attached hydrogen (secondary N) is 1. The van der Waals surface area contributed by atoms with Crippen LogP contribution in [0.3, 0.4) is 0 Å². The van der Waals surface area contributed by atoms with Crippen molar-refractivity contribution in [3.8, 4) is 5.75 Å². The summed E-state index contributed by atoms with van der Waals surface area (Å²) in [5.74, 6) is 0.691. The fourth-order valence-electron chi connectivity index (χ4n) is 1.75. The van der Waals surface area contributed by atoms with Gasteiger partial charge in [-0.05, 0) is 31.7 Å². The predicted octanol–water partition coefficient (Wildman–Crippen LogP) is 2.69. The first-order valence-electron chi connectivity index (χ1n) is 5.48. The van der Waals surface area contributed by atoms with Crippen molar-refractivity contribution in [3.63, 3.8) is 0 Å². The van der Waals surface area contributed by atoms with Crippen LogP contribution in [-0.2, 0) is 6.18 Å². The average molecular weight is 245 g/mol. The second-order valence-electron chi connectivity index (χ2n) is 4.23. The standard InChI is InChI=1S/C12H14F3NO/c1-16-11-5-8(11)7-17-10-4-2-3-9(6-10)12(13,14)15/h2-4,6,8,11,16H,5,7H2,1H3. The third-order valence-electron chi connectivity index (χ3n) is 2.92. The van der Waals surface area contributed by atoms with E-state index in [-0.39, 0.29) is 5.75 Å². The van der Waals surface area contributed by atoms with Gasteiger partial charge in [0.05, 0.1) is 12.2 Å². The van der Waals surface area contributed by atoms with Gasteiger partial charge in [-0.2, -0.15) is 13.2 Å². The van der Waals surface area contributed by atoms with Crippen LogP contribution in [0.2, 0.25) is 0 Å². The minimum Gasteiger partial charge on any atom is -0.493 e. The van der Waals surface area contributed by atoms with Gasteiger partial charge in [-0.3, -0.25) is 0 Å². The number of alkyl halides is 3. The molecule has 2 unspecified atom stereocenters. The number of benzene rings is 1. The zero-order valence-corrected chi connectivity index (χ0v) is 9.42. The molecule has 2 nitrogen and oxygen atoms in total. The van der Waals surface area contributed by atoms with Crippen molar-refractivity contribution in [2.24, 2.45) is 5.92 Å². The van der Waals surface area contributed by atoms with E-state index in [2.05, 4.69) is 5.32 Å². The molecule has 0 amide bonds. The lowest BCUT2D eigenvalue weighted by atomic mass is 10.2. The van der Waals surface area contributed by atoms with Gasteiger partial charge >= 0.3 is 6.18 Å². The summed E-state index contributed by atoms with van der Waals surface area (Å²) >= 11 is 0. The van der Waals surface area contributed by atoms with Crippen molar-refractivity contribution in [1.29, 1.82) is 0 Å². The van der Waals surface area contributed by atoms with Gasteiger partial charge in [0, 0.05) is 12.0 Å². The second-order valence-corrected chi connectivity index (χ2v) is 4.23. The molecule has 1 aromatic carbocycles. The summed E-state index contributed by atoms with van der Waals surface area (Å²) in [5, 5.41) is 3.10. The van der Waals surface area contributed by atoms with Crippen LogP contribution in [0.4, 0.5) is 13.2 Å². The van der Waals surface area contributed by atoms with Gasteiger partial charge < -0.3 is 10.1 Å². The highest BCUT2D eigenvalue weighted by Gasteiger charge is 2.36. The molecule has 0 aliphatic heterocycles. The Balaban J connectivity index is 1.93. The van der Waals surface area contributed by atoms with Gasteiger partial charge in [0.1, 0.15) is 5.75 Å². The Morgan fingerprint density at radius 2 is 2.18 bits per heavy atom. The third-order valence-corrected chi connectivity index (χ3v) is 2.92. The summed E-state index contributed by atoms with van der Waals surface area (Å²) in [4.78, 5) is 0. The zero-order chi connectivity index (χ0) is 12.5. The molecule has 1 aromatic rings. The average Bonchev–Trinajstić information content (AvgIpc) is 3.04. The fourth-order valence-corrected chi connectivity index (χ4v) is 1.75. The number of hydrogen-bond donors (Lipinski definition) is 1. The molecule has 0 saturated heterocycles. The van der Waals surface area contributed by atoms with Crippen LogP contribution in [-0.4, -0.2) is 19.7 Å². The molecule has 1 aliphatic rings. The van der Waals surface area contributed by atoms with E-state index in [9.17, 15) is 13.2 Å². The van der Waals surface area contributed by atoms with Crippen LogP contribution < -0.4 is 10.1 Å². The van der Waals surface area contributed by atoms with Crippen molar-refractivity contribution < 1.29 is 17.9 Å². The molecule has 0 spiro atoms. The van der Waals surface area contributed by atoms with Gasteiger partial charge in [0.25, 0.3) is 0 Å². The molecule has 0 heterocycles. The van der Waals surface area contributed by atoms with E-state index < -0.39 is 11.7 Å². The number of rotatable bonds is 4. The van der Waals surface area contributed by atoms with Gasteiger partial charge in [-0.15, -0.1) is 0 Å². The first-order chi connectivity index (χ1) is 8.00. The van der Waals surface area contributed by atoms with E-state index in [1.807, 2.05) is 7.05 Å². The van der Waals surface area contributed by atoms with E-state index >= 15 is 0 Å². The zero-order valence-electron chi connectivity index (χ0n) is 9.42. The Morgan fingerprint density at radius 1 is 1.41 bits per heavy atom. The SMILES string of the molecule is CNC1CC1COc1cccc(C(F)(F)F)c1. The fraction of sp³-hybridized carbons (Fsp3) is 0.500. The molecule has 1 fully saturated rings. The van der Waals surface area contributed by atoms with E-state index in [1.165, 1.54) is 6.07 Å². The maximum Gasteiger partial charge on any atom is 0.416 e. The molecular formula is C12H14F3NO. The Labute approximate surface area is 97.8 Å². The minimum atomic E-state index is -4.31. The third kappa shape index (κ3) is 3.12. The van der Waals surface area contributed by atoms with Crippen LogP contribution in [0.15, 0.2) is 24.3 Å². The number of hydrogen-bond acceptors (Lipinski definition) is 2. The molecule has 0 bridgehead atoms. The number of ether oxygens (including phenoxy) is 1. The van der Waals surface area contributed by atoms with Crippen LogP contribution in [0.5, 0.6) is 5.75 Å². The normalized spacial score (nSPS) is 23.5. The van der Waals surface area contributed by atoms with Crippen molar-refractivity contribution in [3.05, 3.63) is 29.8 Å². The Hall–Kier alpha value is -1.23. The lowest BCUT2D eigenvalue weighted by Gasteiger charge is -2.10. The Kier molecular flexibility index (Phi) is 3.28. The van der Waals surface area contributed by atoms with Crippen molar-refractivity contribution in [2.45, 2.75) is 18.6 Å². The molecule has 2 rings (SSSR count). The topological polar surface area (TPSA) is 21.3 Å². The highest BCUT2D eigenvalue weighted by atomic mass is 19.4. The molecule has 1 saturated carbocycles. The largest absolute Gasteiger partial charge is 0.493 e. The van der Waals surface area contributed by atoms with Gasteiger partial charge in [0.15, 0.2) is 0 Å². The van der Waals surface area contributed by atoms with Gasteiger partial charge in [-0.1, -0.05) is 6.07 Å². The van der Waals surface area contributed by atoms with Crippen molar-refractivity contribution in [2.75, 3.05) is 13.7 Å². The van der Waals surface area contributed by atoms with E-state index in [1.54, 1.807) is 6.07 Å². The molecule has 94 valence electrons. The molecule has 1 N–H and O–H groups in total. The summed E-state index contributed by atoms with van der Waals surface area (Å²) in [7, 11) is 1.87. The number of halogens is 3. The monoisotopic (exact) mass is 245 g/mol. The molecule has 0 aromatic heterocycles. The molecule has 1 aliphatic carbocycles. The molecule has 17 heavy (non-hydrogen) atoms. The summed E-state index contributed by atoms with van der Waals surface area (Å²) in [6.07, 6.45) is -3.29. The second kappa shape index (κ2) is 4.56. The molecule has 0 radical (unpaired) electrons. The maximum atomic E-state index is 12.4. The summed E-state index contributed by atoms with van der Waals surface area (Å²) in [6.45, 7) is 0.465. The van der Waals surface area contributed by atoms with Crippen LogP contribution in [0.1, 0.15) is 12.0 Å². The smallest absolute Gasteiger partial charge is 0.416 e. The molecular weight excluding hydrogens is 231 g/mol. The van der Waals surface area contributed by atoms with E-state index in [0.29, 0.717) is 18.6 Å². The minimum absolute atomic E-state index is 0.279. The lowest BCUT2D eigenvalue weighted by Crippen LogP contribution is -2.14. The van der Waals surface area contributed by atoms with Crippen molar-refractivity contribution >= 4 is 0 Å². The highest BCUT2D eigenvalue weighted by molar-refractivity contribution is 5.30. The molecule has 2 atom stereocenters. The summed E-state index contributed by atoms with van der Waals surface area (Å²) < 4.78 is 42.6. The van der Waals surface area contributed by atoms with Crippen LogP contribution in [0.25, 0.3) is 0 Å².